The zero-order valence-corrected chi connectivity index (χ0v) is 13.1. The van der Waals surface area contributed by atoms with Gasteiger partial charge in [0.15, 0.2) is 0 Å². The standard InChI is InChI=1S/C16H24N2O.ClH/c1-12(17)16(19)18(11-14-7-6-8-14)13(2)15-9-4-3-5-10-15;/h3-5,9-10,12-14H,6-8,11,17H2,1-2H3;1H/t12-,13?;/m1./s1. The van der Waals surface area contributed by atoms with Crippen LogP contribution >= 0.6 is 12.4 Å². The fourth-order valence-electron chi connectivity index (χ4n) is 2.57. The first-order valence-corrected chi connectivity index (χ1v) is 7.20. The van der Waals surface area contributed by atoms with Gasteiger partial charge in [0.1, 0.15) is 0 Å². The maximum Gasteiger partial charge on any atom is 0.239 e. The molecule has 0 bridgehead atoms. The Balaban J connectivity index is 0.00000200. The topological polar surface area (TPSA) is 46.3 Å². The van der Waals surface area contributed by atoms with Crippen molar-refractivity contribution in [3.8, 4) is 0 Å². The molecule has 2 atom stereocenters. The molecule has 0 saturated heterocycles. The van der Waals surface area contributed by atoms with Crippen LogP contribution in [0.5, 0.6) is 0 Å². The average Bonchev–Trinajstić information content (AvgIpc) is 2.37. The third kappa shape index (κ3) is 3.97. The molecule has 0 spiro atoms. The number of benzene rings is 1. The second-order valence-electron chi connectivity index (χ2n) is 5.66. The number of carbonyl (C=O) groups excluding carboxylic acids is 1. The van der Waals surface area contributed by atoms with Crippen molar-refractivity contribution in [1.29, 1.82) is 0 Å². The summed E-state index contributed by atoms with van der Waals surface area (Å²) in [6.07, 6.45) is 3.78. The van der Waals surface area contributed by atoms with E-state index in [4.69, 9.17) is 5.73 Å². The number of rotatable bonds is 5. The molecule has 1 aliphatic rings. The molecule has 0 radical (unpaired) electrons. The van der Waals surface area contributed by atoms with Crippen molar-refractivity contribution in [3.05, 3.63) is 35.9 Å². The van der Waals surface area contributed by atoms with Crippen molar-refractivity contribution in [3.63, 3.8) is 0 Å². The molecule has 2 rings (SSSR count). The van der Waals surface area contributed by atoms with E-state index < -0.39 is 6.04 Å². The van der Waals surface area contributed by atoms with E-state index in [1.807, 2.05) is 23.1 Å². The Morgan fingerprint density at radius 2 is 1.90 bits per heavy atom. The molecular weight excluding hydrogens is 272 g/mol. The minimum atomic E-state index is -0.425. The van der Waals surface area contributed by atoms with Crippen LogP contribution in [0.25, 0.3) is 0 Å². The van der Waals surface area contributed by atoms with Crippen molar-refractivity contribution in [1.82, 2.24) is 4.90 Å². The van der Waals surface area contributed by atoms with Crippen molar-refractivity contribution >= 4 is 18.3 Å². The van der Waals surface area contributed by atoms with Crippen molar-refractivity contribution < 1.29 is 4.79 Å². The molecule has 1 aliphatic carbocycles. The second-order valence-corrected chi connectivity index (χ2v) is 5.66. The largest absolute Gasteiger partial charge is 0.334 e. The fraction of sp³-hybridized carbons (Fsp3) is 0.562. The molecule has 2 N–H and O–H groups in total. The molecule has 0 aromatic heterocycles. The number of halogens is 1. The summed E-state index contributed by atoms with van der Waals surface area (Å²) in [4.78, 5) is 14.3. The molecule has 3 nitrogen and oxygen atoms in total. The van der Waals surface area contributed by atoms with Crippen LogP contribution < -0.4 is 5.73 Å². The zero-order valence-electron chi connectivity index (χ0n) is 12.3. The third-order valence-electron chi connectivity index (χ3n) is 4.10. The molecule has 1 aromatic carbocycles. The van der Waals surface area contributed by atoms with Crippen LogP contribution in [-0.4, -0.2) is 23.4 Å². The summed E-state index contributed by atoms with van der Waals surface area (Å²) in [6, 6.07) is 9.86. The monoisotopic (exact) mass is 296 g/mol. The van der Waals surface area contributed by atoms with Crippen LogP contribution in [0.3, 0.4) is 0 Å². The van der Waals surface area contributed by atoms with E-state index in [0.29, 0.717) is 5.92 Å². The highest BCUT2D eigenvalue weighted by atomic mass is 35.5. The van der Waals surface area contributed by atoms with Crippen molar-refractivity contribution in [2.75, 3.05) is 6.54 Å². The lowest BCUT2D eigenvalue weighted by Gasteiger charge is -2.37. The summed E-state index contributed by atoms with van der Waals surface area (Å²) in [6.45, 7) is 4.71. The lowest BCUT2D eigenvalue weighted by molar-refractivity contribution is -0.135. The minimum Gasteiger partial charge on any atom is -0.334 e. The third-order valence-corrected chi connectivity index (χ3v) is 4.10. The minimum absolute atomic E-state index is 0. The van der Waals surface area contributed by atoms with Gasteiger partial charge >= 0.3 is 0 Å². The fourth-order valence-corrected chi connectivity index (χ4v) is 2.57. The summed E-state index contributed by atoms with van der Waals surface area (Å²) >= 11 is 0. The molecule has 0 heterocycles. The van der Waals surface area contributed by atoms with Gasteiger partial charge in [0.05, 0.1) is 12.1 Å². The number of hydrogen-bond donors (Lipinski definition) is 1. The van der Waals surface area contributed by atoms with Gasteiger partial charge in [-0.25, -0.2) is 0 Å². The number of hydrogen-bond acceptors (Lipinski definition) is 2. The van der Waals surface area contributed by atoms with E-state index >= 15 is 0 Å². The van der Waals surface area contributed by atoms with Gasteiger partial charge in [-0.1, -0.05) is 36.8 Å². The summed E-state index contributed by atoms with van der Waals surface area (Å²) in [5, 5.41) is 0. The molecule has 0 aliphatic heterocycles. The predicted molar refractivity (Wildman–Crippen MR) is 84.8 cm³/mol. The number of nitrogens with two attached hydrogens (primary N) is 1. The van der Waals surface area contributed by atoms with Crippen LogP contribution in [0.2, 0.25) is 0 Å². The van der Waals surface area contributed by atoms with Crippen LogP contribution in [0.4, 0.5) is 0 Å². The first-order chi connectivity index (χ1) is 9.09. The normalized spacial score (nSPS) is 17.6. The van der Waals surface area contributed by atoms with Gasteiger partial charge < -0.3 is 10.6 Å². The number of amides is 1. The predicted octanol–water partition coefficient (Wildman–Crippen LogP) is 3.15. The molecule has 1 fully saturated rings. The lowest BCUT2D eigenvalue weighted by atomic mass is 9.84. The first kappa shape index (κ1) is 17.0. The highest BCUT2D eigenvalue weighted by Gasteiger charge is 2.28. The average molecular weight is 297 g/mol. The SMILES string of the molecule is CC(c1ccccc1)N(CC1CCC1)C(=O)[C@@H](C)N.Cl. The maximum atomic E-state index is 12.3. The smallest absolute Gasteiger partial charge is 0.239 e. The van der Waals surface area contributed by atoms with Gasteiger partial charge in [-0.3, -0.25) is 4.79 Å². The number of nitrogens with zero attached hydrogens (tertiary/aromatic N) is 1. The lowest BCUT2D eigenvalue weighted by Crippen LogP contribution is -2.46. The maximum absolute atomic E-state index is 12.3. The molecule has 1 amide bonds. The second kappa shape index (κ2) is 7.65. The molecule has 1 saturated carbocycles. The Hall–Kier alpha value is -1.06. The molecule has 1 unspecified atom stereocenters. The summed E-state index contributed by atoms with van der Waals surface area (Å²) in [5.41, 5.74) is 6.97. The van der Waals surface area contributed by atoms with Crippen LogP contribution in [0, 0.1) is 5.92 Å². The van der Waals surface area contributed by atoms with E-state index in [0.717, 1.165) is 6.54 Å². The van der Waals surface area contributed by atoms with E-state index in [1.165, 1.54) is 24.8 Å². The van der Waals surface area contributed by atoms with Crippen molar-refractivity contribution in [2.24, 2.45) is 11.7 Å². The van der Waals surface area contributed by atoms with Gasteiger partial charge in [-0.05, 0) is 38.2 Å². The van der Waals surface area contributed by atoms with Gasteiger partial charge in [-0.2, -0.15) is 0 Å². The summed E-state index contributed by atoms with van der Waals surface area (Å²) in [5.74, 6) is 0.720. The van der Waals surface area contributed by atoms with Gasteiger partial charge in [0.25, 0.3) is 0 Å². The van der Waals surface area contributed by atoms with Gasteiger partial charge in [0.2, 0.25) is 5.91 Å². The van der Waals surface area contributed by atoms with Gasteiger partial charge in [0, 0.05) is 6.54 Å². The van der Waals surface area contributed by atoms with Crippen LogP contribution in [0.1, 0.15) is 44.7 Å². The molecular formula is C16H25ClN2O. The molecule has 20 heavy (non-hydrogen) atoms. The van der Waals surface area contributed by atoms with E-state index in [1.54, 1.807) is 6.92 Å². The van der Waals surface area contributed by atoms with Gasteiger partial charge in [-0.15, -0.1) is 12.4 Å². The molecule has 1 aromatic rings. The molecule has 112 valence electrons. The quantitative estimate of drug-likeness (QED) is 0.907. The highest BCUT2D eigenvalue weighted by Crippen LogP contribution is 2.30. The zero-order chi connectivity index (χ0) is 13.8. The molecule has 4 heteroatoms. The summed E-state index contributed by atoms with van der Waals surface area (Å²) < 4.78 is 0. The van der Waals surface area contributed by atoms with Crippen molar-refractivity contribution in [2.45, 2.75) is 45.2 Å². The van der Waals surface area contributed by atoms with E-state index in [-0.39, 0.29) is 24.4 Å². The Labute approximate surface area is 127 Å². The Bertz CT molecular complexity index is 418. The Kier molecular flexibility index (Phi) is 6.50. The first-order valence-electron chi connectivity index (χ1n) is 7.20. The number of carbonyl (C=O) groups is 1. The van der Waals surface area contributed by atoms with E-state index in [9.17, 15) is 4.79 Å². The van der Waals surface area contributed by atoms with Crippen LogP contribution in [0.15, 0.2) is 30.3 Å². The van der Waals surface area contributed by atoms with Crippen LogP contribution in [-0.2, 0) is 4.79 Å². The Morgan fingerprint density at radius 3 is 2.35 bits per heavy atom. The highest BCUT2D eigenvalue weighted by molar-refractivity contribution is 5.85. The summed E-state index contributed by atoms with van der Waals surface area (Å²) in [7, 11) is 0. The Morgan fingerprint density at radius 1 is 1.30 bits per heavy atom. The van der Waals surface area contributed by atoms with E-state index in [2.05, 4.69) is 19.1 Å².